The fourth-order valence-corrected chi connectivity index (χ4v) is 3.40. The van der Waals surface area contributed by atoms with Crippen molar-refractivity contribution in [1.82, 2.24) is 5.32 Å². The number of hydrogen-bond donors (Lipinski definition) is 2. The summed E-state index contributed by atoms with van der Waals surface area (Å²) < 4.78 is 37.0. The van der Waals surface area contributed by atoms with Crippen LogP contribution >= 0.6 is 0 Å². The number of sulfonamides is 1. The molecular weight excluding hydrogens is 393 g/mol. The topological polar surface area (TPSA) is 113 Å². The molecule has 3 aromatic rings. The van der Waals surface area contributed by atoms with Gasteiger partial charge in [-0.2, -0.15) is 5.26 Å². The normalized spacial score (nSPS) is 10.9. The number of carbonyl (C=O) groups is 1. The van der Waals surface area contributed by atoms with E-state index in [0.29, 0.717) is 22.3 Å². The smallest absolute Gasteiger partial charge is 0.252 e. The van der Waals surface area contributed by atoms with Gasteiger partial charge in [-0.3, -0.25) is 4.79 Å². The zero-order chi connectivity index (χ0) is 21.0. The van der Waals surface area contributed by atoms with Gasteiger partial charge in [-0.15, -0.1) is 0 Å². The van der Waals surface area contributed by atoms with Crippen molar-refractivity contribution < 1.29 is 17.6 Å². The average Bonchev–Trinajstić information content (AvgIpc) is 2.71. The Labute approximate surface area is 167 Å². The first-order valence-corrected chi connectivity index (χ1v) is 10.0. The molecule has 0 saturated carbocycles. The number of nitrogens with zero attached hydrogens (tertiary/aromatic N) is 1. The Balaban J connectivity index is 1.85. The summed E-state index contributed by atoms with van der Waals surface area (Å²) in [7, 11) is -4.18. The molecule has 0 radical (unpaired) electrons. The van der Waals surface area contributed by atoms with Crippen LogP contribution in [0.5, 0.6) is 0 Å². The van der Waals surface area contributed by atoms with E-state index >= 15 is 0 Å². The minimum absolute atomic E-state index is 0.248. The molecule has 146 valence electrons. The molecule has 3 aromatic carbocycles. The van der Waals surface area contributed by atoms with Crippen molar-refractivity contribution in [2.24, 2.45) is 5.14 Å². The lowest BCUT2D eigenvalue weighted by Gasteiger charge is -2.11. The van der Waals surface area contributed by atoms with E-state index in [-0.39, 0.29) is 12.5 Å². The fraction of sp³-hybridized carbons (Fsp3) is 0.0476. The second kappa shape index (κ2) is 8.22. The van der Waals surface area contributed by atoms with Crippen molar-refractivity contribution in [3.63, 3.8) is 0 Å². The summed E-state index contributed by atoms with van der Waals surface area (Å²) >= 11 is 0. The molecule has 8 heteroatoms. The highest BCUT2D eigenvalue weighted by Gasteiger charge is 2.17. The van der Waals surface area contributed by atoms with E-state index in [4.69, 9.17) is 10.4 Å². The highest BCUT2D eigenvalue weighted by Crippen LogP contribution is 2.27. The van der Waals surface area contributed by atoms with Gasteiger partial charge in [0.1, 0.15) is 10.7 Å². The standard InChI is InChI=1S/C21H16FN3O3S/c22-19-11-16(9-10-20(19)29(24,27)28)17-3-1-2-4-18(17)21(26)25-13-15-7-5-14(12-23)6-8-15/h1-11H,13H2,(H,25,26)(H2,24,27,28). The van der Waals surface area contributed by atoms with Crippen LogP contribution in [0.15, 0.2) is 71.6 Å². The first-order chi connectivity index (χ1) is 13.8. The molecule has 29 heavy (non-hydrogen) atoms. The summed E-state index contributed by atoms with van der Waals surface area (Å²) in [6.07, 6.45) is 0. The Morgan fingerprint density at radius 3 is 2.38 bits per heavy atom. The van der Waals surface area contributed by atoms with Gasteiger partial charge in [0.2, 0.25) is 10.0 Å². The maximum Gasteiger partial charge on any atom is 0.252 e. The average molecular weight is 409 g/mol. The summed E-state index contributed by atoms with van der Waals surface area (Å²) in [6.45, 7) is 0.248. The van der Waals surface area contributed by atoms with E-state index in [1.165, 1.54) is 6.07 Å². The molecule has 0 saturated heterocycles. The van der Waals surface area contributed by atoms with Crippen LogP contribution in [0.1, 0.15) is 21.5 Å². The van der Waals surface area contributed by atoms with Crippen molar-refractivity contribution >= 4 is 15.9 Å². The number of halogens is 1. The molecule has 0 unspecified atom stereocenters. The number of nitrogens with two attached hydrogens (primary N) is 1. The van der Waals surface area contributed by atoms with Gasteiger partial charge < -0.3 is 5.32 Å². The van der Waals surface area contributed by atoms with Crippen LogP contribution in [-0.2, 0) is 16.6 Å². The van der Waals surface area contributed by atoms with Crippen LogP contribution in [0.4, 0.5) is 4.39 Å². The van der Waals surface area contributed by atoms with Crippen LogP contribution in [0, 0.1) is 17.1 Å². The van der Waals surface area contributed by atoms with E-state index in [2.05, 4.69) is 5.32 Å². The third-order valence-electron chi connectivity index (χ3n) is 4.26. The molecule has 3 rings (SSSR count). The number of amides is 1. The summed E-state index contributed by atoms with van der Waals surface area (Å²) in [5.41, 5.74) is 2.45. The number of nitriles is 1. The quantitative estimate of drug-likeness (QED) is 0.674. The van der Waals surface area contributed by atoms with Gasteiger partial charge in [0.05, 0.1) is 11.6 Å². The zero-order valence-electron chi connectivity index (χ0n) is 15.1. The number of primary sulfonamides is 1. The number of hydrogen-bond acceptors (Lipinski definition) is 4. The van der Waals surface area contributed by atoms with Gasteiger partial charge in [0.15, 0.2) is 0 Å². The zero-order valence-corrected chi connectivity index (χ0v) is 15.9. The van der Waals surface area contributed by atoms with E-state index in [9.17, 15) is 17.6 Å². The van der Waals surface area contributed by atoms with Crippen molar-refractivity contribution in [3.05, 3.63) is 89.2 Å². The number of benzene rings is 3. The third kappa shape index (κ3) is 4.66. The van der Waals surface area contributed by atoms with Gasteiger partial charge in [-0.25, -0.2) is 17.9 Å². The van der Waals surface area contributed by atoms with Gasteiger partial charge in [-0.1, -0.05) is 36.4 Å². The van der Waals surface area contributed by atoms with Crippen LogP contribution in [-0.4, -0.2) is 14.3 Å². The monoisotopic (exact) mass is 409 g/mol. The first kappa shape index (κ1) is 20.2. The Morgan fingerprint density at radius 2 is 1.76 bits per heavy atom. The molecule has 0 spiro atoms. The summed E-state index contributed by atoms with van der Waals surface area (Å²) in [6, 6.07) is 18.9. The maximum atomic E-state index is 14.2. The second-order valence-corrected chi connectivity index (χ2v) is 7.76. The molecule has 1 amide bonds. The maximum absolute atomic E-state index is 14.2. The summed E-state index contributed by atoms with van der Waals surface area (Å²) in [4.78, 5) is 12.1. The lowest BCUT2D eigenvalue weighted by atomic mass is 9.99. The van der Waals surface area contributed by atoms with Crippen molar-refractivity contribution in [3.8, 4) is 17.2 Å². The predicted octanol–water partition coefficient (Wildman–Crippen LogP) is 2.94. The molecule has 0 aliphatic rings. The van der Waals surface area contributed by atoms with Crippen LogP contribution < -0.4 is 10.5 Å². The van der Waals surface area contributed by atoms with Gasteiger partial charge >= 0.3 is 0 Å². The molecule has 0 aliphatic carbocycles. The number of nitrogens with one attached hydrogen (secondary N) is 1. The van der Waals surface area contributed by atoms with Crippen LogP contribution in [0.2, 0.25) is 0 Å². The largest absolute Gasteiger partial charge is 0.348 e. The molecule has 0 atom stereocenters. The number of carbonyl (C=O) groups excluding carboxylic acids is 1. The van der Waals surface area contributed by atoms with E-state index in [1.807, 2.05) is 6.07 Å². The Bertz CT molecular complexity index is 1220. The lowest BCUT2D eigenvalue weighted by molar-refractivity contribution is 0.0951. The molecular formula is C21H16FN3O3S. The Morgan fingerprint density at radius 1 is 1.07 bits per heavy atom. The molecule has 0 aliphatic heterocycles. The van der Waals surface area contributed by atoms with Gasteiger partial charge in [0.25, 0.3) is 5.91 Å². The minimum atomic E-state index is -4.18. The molecule has 3 N–H and O–H groups in total. The van der Waals surface area contributed by atoms with E-state index in [0.717, 1.165) is 17.7 Å². The van der Waals surface area contributed by atoms with Gasteiger partial charge in [-0.05, 0) is 47.0 Å². The Kier molecular flexibility index (Phi) is 5.73. The fourth-order valence-electron chi connectivity index (χ4n) is 2.81. The van der Waals surface area contributed by atoms with E-state index in [1.54, 1.807) is 48.5 Å². The molecule has 0 fully saturated rings. The SMILES string of the molecule is N#Cc1ccc(CNC(=O)c2ccccc2-c2ccc(S(N)(=O)=O)c(F)c2)cc1. The molecule has 0 aromatic heterocycles. The molecule has 0 bridgehead atoms. The minimum Gasteiger partial charge on any atom is -0.348 e. The number of rotatable bonds is 5. The predicted molar refractivity (Wildman–Crippen MR) is 106 cm³/mol. The van der Waals surface area contributed by atoms with Crippen LogP contribution in [0.3, 0.4) is 0 Å². The highest BCUT2D eigenvalue weighted by molar-refractivity contribution is 7.89. The first-order valence-electron chi connectivity index (χ1n) is 8.48. The van der Waals surface area contributed by atoms with Crippen molar-refractivity contribution in [1.29, 1.82) is 5.26 Å². The highest BCUT2D eigenvalue weighted by atomic mass is 32.2. The second-order valence-electron chi connectivity index (χ2n) is 6.23. The van der Waals surface area contributed by atoms with Crippen LogP contribution in [0.25, 0.3) is 11.1 Å². The lowest BCUT2D eigenvalue weighted by Crippen LogP contribution is -2.23. The molecule has 6 nitrogen and oxygen atoms in total. The Hall–Kier alpha value is -3.54. The third-order valence-corrected chi connectivity index (χ3v) is 5.20. The molecule has 0 heterocycles. The summed E-state index contributed by atoms with van der Waals surface area (Å²) in [5.74, 6) is -1.36. The van der Waals surface area contributed by atoms with Crippen molar-refractivity contribution in [2.45, 2.75) is 11.4 Å². The van der Waals surface area contributed by atoms with E-state index < -0.39 is 20.7 Å². The van der Waals surface area contributed by atoms with Crippen molar-refractivity contribution in [2.75, 3.05) is 0 Å². The van der Waals surface area contributed by atoms with Gasteiger partial charge in [0, 0.05) is 12.1 Å². The summed E-state index contributed by atoms with van der Waals surface area (Å²) in [5, 5.41) is 16.6.